The van der Waals surface area contributed by atoms with Crippen LogP contribution < -0.4 is 0 Å². The van der Waals surface area contributed by atoms with Crippen molar-refractivity contribution >= 4 is 0 Å². The lowest BCUT2D eigenvalue weighted by Gasteiger charge is -2.03. The number of hydrogen-bond acceptors (Lipinski definition) is 4. The van der Waals surface area contributed by atoms with E-state index >= 15 is 0 Å². The van der Waals surface area contributed by atoms with Crippen LogP contribution in [0.1, 0.15) is 6.92 Å². The maximum atomic E-state index is 10.3. The molecule has 0 aromatic heterocycles. The topological polar surface area (TPSA) is 66.4 Å². The van der Waals surface area contributed by atoms with Crippen molar-refractivity contribution in [3.63, 3.8) is 0 Å². The van der Waals surface area contributed by atoms with Gasteiger partial charge < -0.3 is 5.11 Å². The van der Waals surface area contributed by atoms with Crippen LogP contribution in [0, 0.1) is 10.1 Å². The first-order valence-electron chi connectivity index (χ1n) is 3.18. The number of likely N-dealkylation sites (N-methyl/N-ethyl adjacent to an activating group) is 1. The molecule has 1 rings (SSSR count). The third-order valence-electron chi connectivity index (χ3n) is 1.90. The summed E-state index contributed by atoms with van der Waals surface area (Å²) in [5, 5.41) is 18.9. The second-order valence-corrected chi connectivity index (χ2v) is 2.41. The summed E-state index contributed by atoms with van der Waals surface area (Å²) in [5.41, 5.74) is -1.13. The molecular weight excluding hydrogens is 136 g/mol. The van der Waals surface area contributed by atoms with Crippen molar-refractivity contribution in [3.8, 4) is 0 Å². The summed E-state index contributed by atoms with van der Waals surface area (Å²) in [6.07, 6.45) is 0. The van der Waals surface area contributed by atoms with Crippen LogP contribution in [0.5, 0.6) is 0 Å². The van der Waals surface area contributed by atoms with Crippen molar-refractivity contribution in [1.82, 2.24) is 4.90 Å². The van der Waals surface area contributed by atoms with E-state index < -0.39 is 10.6 Å². The van der Waals surface area contributed by atoms with Gasteiger partial charge in [-0.25, -0.2) is 4.90 Å². The quantitative estimate of drug-likeness (QED) is 0.324. The highest BCUT2D eigenvalue weighted by Crippen LogP contribution is 2.31. The van der Waals surface area contributed by atoms with Gasteiger partial charge in [0.25, 0.3) is 0 Å². The Balaban J connectivity index is 2.59. The zero-order chi connectivity index (χ0) is 7.78. The third kappa shape index (κ3) is 0.783. The summed E-state index contributed by atoms with van der Waals surface area (Å²) in [6, 6.07) is 0. The van der Waals surface area contributed by atoms with Crippen LogP contribution in [0.15, 0.2) is 0 Å². The Morgan fingerprint density at radius 1 is 1.90 bits per heavy atom. The Morgan fingerprint density at radius 2 is 2.50 bits per heavy atom. The zero-order valence-electron chi connectivity index (χ0n) is 5.78. The Morgan fingerprint density at radius 3 is 2.60 bits per heavy atom. The Kier molecular flexibility index (Phi) is 1.61. The molecule has 5 heteroatoms. The molecule has 0 spiro atoms. The van der Waals surface area contributed by atoms with Gasteiger partial charge in [0.05, 0.1) is 6.54 Å². The summed E-state index contributed by atoms with van der Waals surface area (Å²) >= 11 is 0. The van der Waals surface area contributed by atoms with Crippen LogP contribution in [-0.2, 0) is 0 Å². The minimum absolute atomic E-state index is 0.381. The normalized spacial score (nSPS) is 37.6. The molecule has 5 nitrogen and oxygen atoms in total. The molecule has 0 aromatic carbocycles. The predicted octanol–water partition coefficient (Wildman–Crippen LogP) is -0.713. The van der Waals surface area contributed by atoms with Gasteiger partial charge in [0.1, 0.15) is 6.61 Å². The first-order valence-corrected chi connectivity index (χ1v) is 3.18. The fourth-order valence-corrected chi connectivity index (χ4v) is 1.06. The average Bonchev–Trinajstić information content (AvgIpc) is 2.62. The van der Waals surface area contributed by atoms with Crippen molar-refractivity contribution in [3.05, 3.63) is 10.1 Å². The summed E-state index contributed by atoms with van der Waals surface area (Å²) in [4.78, 5) is 11.5. The number of nitro groups is 1. The van der Waals surface area contributed by atoms with E-state index in [9.17, 15) is 10.1 Å². The Hall–Kier alpha value is -0.680. The van der Waals surface area contributed by atoms with E-state index in [2.05, 4.69) is 0 Å². The molecule has 1 aliphatic rings. The standard InChI is InChI=1S/C5H10N2O3/c1-2-6-3-5(6,4-8)7(9)10/h8H,2-4H2,1H3. The van der Waals surface area contributed by atoms with Crippen LogP contribution in [0.3, 0.4) is 0 Å². The molecule has 10 heavy (non-hydrogen) atoms. The number of hydrogen-bond donors (Lipinski definition) is 1. The molecule has 2 unspecified atom stereocenters. The van der Waals surface area contributed by atoms with E-state index in [0.29, 0.717) is 13.1 Å². The van der Waals surface area contributed by atoms with Crippen molar-refractivity contribution in [2.75, 3.05) is 19.7 Å². The van der Waals surface area contributed by atoms with Crippen molar-refractivity contribution in [1.29, 1.82) is 0 Å². The molecule has 1 aliphatic heterocycles. The fraction of sp³-hybridized carbons (Fsp3) is 1.00. The molecular formula is C5H10N2O3. The lowest BCUT2D eigenvalue weighted by Crippen LogP contribution is -2.32. The summed E-state index contributed by atoms with van der Waals surface area (Å²) in [5.74, 6) is 0. The zero-order valence-corrected chi connectivity index (χ0v) is 5.78. The van der Waals surface area contributed by atoms with Crippen LogP contribution in [-0.4, -0.2) is 40.3 Å². The van der Waals surface area contributed by atoms with E-state index in [1.807, 2.05) is 6.92 Å². The van der Waals surface area contributed by atoms with Crippen LogP contribution in [0.25, 0.3) is 0 Å². The molecule has 1 saturated heterocycles. The molecule has 0 aromatic rings. The molecule has 1 fully saturated rings. The maximum absolute atomic E-state index is 10.3. The molecule has 0 amide bonds. The van der Waals surface area contributed by atoms with E-state index in [1.165, 1.54) is 0 Å². The molecule has 2 atom stereocenters. The molecule has 58 valence electrons. The number of aliphatic hydroxyl groups is 1. The van der Waals surface area contributed by atoms with Gasteiger partial charge in [0.2, 0.25) is 0 Å². The van der Waals surface area contributed by atoms with E-state index in [-0.39, 0.29) is 6.61 Å². The second-order valence-electron chi connectivity index (χ2n) is 2.41. The van der Waals surface area contributed by atoms with E-state index in [1.54, 1.807) is 4.90 Å². The molecule has 0 saturated carbocycles. The molecule has 1 N–H and O–H groups in total. The summed E-state index contributed by atoms with van der Waals surface area (Å²) in [7, 11) is 0. The molecule has 0 radical (unpaired) electrons. The largest absolute Gasteiger partial charge is 0.387 e. The predicted molar refractivity (Wildman–Crippen MR) is 34.1 cm³/mol. The minimum Gasteiger partial charge on any atom is -0.387 e. The van der Waals surface area contributed by atoms with Crippen LogP contribution in [0.2, 0.25) is 0 Å². The summed E-state index contributed by atoms with van der Waals surface area (Å²) < 4.78 is 0. The van der Waals surface area contributed by atoms with Crippen molar-refractivity contribution in [2.24, 2.45) is 0 Å². The van der Waals surface area contributed by atoms with Gasteiger partial charge in [-0.15, -0.1) is 0 Å². The Bertz CT molecular complexity index is 161. The van der Waals surface area contributed by atoms with Crippen molar-refractivity contribution < 1.29 is 10.0 Å². The second kappa shape index (κ2) is 2.17. The lowest BCUT2D eigenvalue weighted by molar-refractivity contribution is -0.553. The number of nitrogens with zero attached hydrogens (tertiary/aromatic N) is 2. The first kappa shape index (κ1) is 7.43. The highest BCUT2D eigenvalue weighted by molar-refractivity contribution is 4.96. The van der Waals surface area contributed by atoms with Crippen LogP contribution in [0.4, 0.5) is 0 Å². The lowest BCUT2D eigenvalue weighted by atomic mass is 10.4. The van der Waals surface area contributed by atoms with Gasteiger partial charge in [-0.1, -0.05) is 6.92 Å². The van der Waals surface area contributed by atoms with E-state index in [4.69, 9.17) is 5.11 Å². The van der Waals surface area contributed by atoms with Gasteiger partial charge in [0.15, 0.2) is 0 Å². The highest BCUT2D eigenvalue weighted by Gasteiger charge is 2.63. The maximum Gasteiger partial charge on any atom is 0.313 e. The smallest absolute Gasteiger partial charge is 0.313 e. The van der Waals surface area contributed by atoms with Gasteiger partial charge in [-0.05, 0) is 0 Å². The van der Waals surface area contributed by atoms with Crippen molar-refractivity contribution in [2.45, 2.75) is 12.6 Å². The number of rotatable bonds is 3. The first-order chi connectivity index (χ1) is 4.67. The summed E-state index contributed by atoms with van der Waals surface area (Å²) in [6.45, 7) is 2.46. The van der Waals surface area contributed by atoms with E-state index in [0.717, 1.165) is 0 Å². The van der Waals surface area contributed by atoms with Gasteiger partial charge in [-0.2, -0.15) is 0 Å². The van der Waals surface area contributed by atoms with Gasteiger partial charge >= 0.3 is 5.66 Å². The van der Waals surface area contributed by atoms with Crippen LogP contribution >= 0.6 is 0 Å². The molecule has 0 aliphatic carbocycles. The SMILES string of the molecule is CCN1CC1(CO)[N+](=O)[O-]. The number of aliphatic hydroxyl groups excluding tert-OH is 1. The fourth-order valence-electron chi connectivity index (χ4n) is 1.06. The Labute approximate surface area is 58.4 Å². The van der Waals surface area contributed by atoms with Gasteiger partial charge in [0, 0.05) is 11.5 Å². The highest BCUT2D eigenvalue weighted by atomic mass is 16.6. The average molecular weight is 146 g/mol. The minimum atomic E-state index is -1.13. The molecule has 0 bridgehead atoms. The molecule has 1 heterocycles. The van der Waals surface area contributed by atoms with Gasteiger partial charge in [-0.3, -0.25) is 10.1 Å². The monoisotopic (exact) mass is 146 g/mol. The third-order valence-corrected chi connectivity index (χ3v) is 1.90.